The maximum atomic E-state index is 12.9. The van der Waals surface area contributed by atoms with Gasteiger partial charge in [-0.1, -0.05) is 48.0 Å². The van der Waals surface area contributed by atoms with E-state index in [0.29, 0.717) is 35.1 Å². The molecule has 1 aliphatic rings. The predicted octanol–water partition coefficient (Wildman–Crippen LogP) is 4.05. The summed E-state index contributed by atoms with van der Waals surface area (Å²) in [5.41, 5.74) is 5.92. The standard InChI is InChI=1S/C26H24N2O5/c1-17-9-11-18(12-10-17)16-33-24-22(31-2)14-19(15-23(24)32-3)13-21-25(29)27-28(26(21)30)20-7-5-4-6-8-20/h4-15H,16H2,1-3H3,(H,27,29)/b21-13-. The number of carbonyl (C=O) groups is 2. The number of ether oxygens (including phenoxy) is 3. The van der Waals surface area contributed by atoms with Crippen molar-refractivity contribution in [1.82, 2.24) is 5.43 Å². The van der Waals surface area contributed by atoms with Crippen LogP contribution in [0, 0.1) is 6.92 Å². The number of hydrogen-bond donors (Lipinski definition) is 1. The number of aryl methyl sites for hydroxylation is 1. The number of amides is 2. The van der Waals surface area contributed by atoms with Crippen LogP contribution in [0.3, 0.4) is 0 Å². The predicted molar refractivity (Wildman–Crippen MR) is 125 cm³/mol. The topological polar surface area (TPSA) is 77.1 Å². The molecule has 1 aliphatic heterocycles. The van der Waals surface area contributed by atoms with Crippen molar-refractivity contribution in [2.75, 3.05) is 19.2 Å². The average Bonchev–Trinajstić information content (AvgIpc) is 3.12. The lowest BCUT2D eigenvalue weighted by Crippen LogP contribution is -2.35. The molecule has 1 fully saturated rings. The molecule has 3 aromatic carbocycles. The molecule has 0 spiro atoms. The minimum atomic E-state index is -0.485. The van der Waals surface area contributed by atoms with E-state index < -0.39 is 11.8 Å². The van der Waals surface area contributed by atoms with Crippen LogP contribution in [-0.2, 0) is 16.2 Å². The minimum Gasteiger partial charge on any atom is -0.493 e. The van der Waals surface area contributed by atoms with Crippen molar-refractivity contribution < 1.29 is 23.8 Å². The Hall–Kier alpha value is -4.26. The molecular weight excluding hydrogens is 420 g/mol. The summed E-state index contributed by atoms with van der Waals surface area (Å²) >= 11 is 0. The molecule has 0 bridgehead atoms. The van der Waals surface area contributed by atoms with Crippen LogP contribution in [0.5, 0.6) is 17.2 Å². The molecule has 4 rings (SSSR count). The zero-order valence-electron chi connectivity index (χ0n) is 18.6. The maximum absolute atomic E-state index is 12.9. The van der Waals surface area contributed by atoms with Crippen LogP contribution in [-0.4, -0.2) is 26.0 Å². The SMILES string of the molecule is COc1cc(/C=C2/C(=O)NN(c3ccccc3)C2=O)cc(OC)c1OCc1ccc(C)cc1. The number of hydrogen-bond acceptors (Lipinski definition) is 5. The summed E-state index contributed by atoms with van der Waals surface area (Å²) in [4.78, 5) is 25.4. The summed E-state index contributed by atoms with van der Waals surface area (Å²) in [6.07, 6.45) is 1.51. The van der Waals surface area contributed by atoms with Crippen molar-refractivity contribution in [1.29, 1.82) is 0 Å². The van der Waals surface area contributed by atoms with Crippen molar-refractivity contribution in [3.8, 4) is 17.2 Å². The van der Waals surface area contributed by atoms with E-state index in [-0.39, 0.29) is 5.57 Å². The highest BCUT2D eigenvalue weighted by Crippen LogP contribution is 2.40. The largest absolute Gasteiger partial charge is 0.493 e. The first-order chi connectivity index (χ1) is 16.0. The van der Waals surface area contributed by atoms with Crippen molar-refractivity contribution in [2.45, 2.75) is 13.5 Å². The van der Waals surface area contributed by atoms with Gasteiger partial charge in [-0.3, -0.25) is 15.0 Å². The Bertz CT molecular complexity index is 1180. The number of para-hydroxylation sites is 1. The van der Waals surface area contributed by atoms with Gasteiger partial charge in [0, 0.05) is 0 Å². The number of methoxy groups -OCH3 is 2. The van der Waals surface area contributed by atoms with Gasteiger partial charge in [-0.25, -0.2) is 5.01 Å². The lowest BCUT2D eigenvalue weighted by atomic mass is 10.1. The first-order valence-electron chi connectivity index (χ1n) is 10.4. The molecule has 0 saturated carbocycles. The van der Waals surface area contributed by atoms with Crippen molar-refractivity contribution in [2.24, 2.45) is 0 Å². The van der Waals surface area contributed by atoms with Crippen molar-refractivity contribution in [3.63, 3.8) is 0 Å². The number of benzene rings is 3. The third-order valence-corrected chi connectivity index (χ3v) is 5.20. The van der Waals surface area contributed by atoms with Crippen molar-refractivity contribution >= 4 is 23.6 Å². The summed E-state index contributed by atoms with van der Waals surface area (Å²) < 4.78 is 17.0. The monoisotopic (exact) mass is 444 g/mol. The van der Waals surface area contributed by atoms with Crippen LogP contribution in [0.4, 0.5) is 5.69 Å². The molecule has 33 heavy (non-hydrogen) atoms. The molecule has 1 saturated heterocycles. The van der Waals surface area contributed by atoms with E-state index in [9.17, 15) is 9.59 Å². The van der Waals surface area contributed by atoms with Gasteiger partial charge < -0.3 is 14.2 Å². The Morgan fingerprint density at radius 3 is 2.15 bits per heavy atom. The lowest BCUT2D eigenvalue weighted by molar-refractivity contribution is -0.117. The first kappa shape index (κ1) is 22.0. The third kappa shape index (κ3) is 4.67. The molecule has 2 amide bonds. The van der Waals surface area contributed by atoms with Gasteiger partial charge in [-0.2, -0.15) is 0 Å². The van der Waals surface area contributed by atoms with Gasteiger partial charge in [0.25, 0.3) is 11.8 Å². The highest BCUT2D eigenvalue weighted by Gasteiger charge is 2.34. The number of anilines is 1. The van der Waals surface area contributed by atoms with Gasteiger partial charge in [-0.15, -0.1) is 0 Å². The normalized spacial score (nSPS) is 14.4. The number of hydrazine groups is 1. The molecule has 1 heterocycles. The smallest absolute Gasteiger partial charge is 0.282 e. The average molecular weight is 444 g/mol. The summed E-state index contributed by atoms with van der Waals surface area (Å²) in [7, 11) is 3.05. The molecule has 0 unspecified atom stereocenters. The Labute approximate surface area is 192 Å². The van der Waals surface area contributed by atoms with Gasteiger partial charge in [-0.05, 0) is 48.4 Å². The molecule has 0 aliphatic carbocycles. The van der Waals surface area contributed by atoms with E-state index in [0.717, 1.165) is 5.56 Å². The van der Waals surface area contributed by atoms with Crippen LogP contribution in [0.15, 0.2) is 72.3 Å². The van der Waals surface area contributed by atoms with E-state index in [1.807, 2.05) is 37.3 Å². The molecule has 0 aromatic heterocycles. The fraction of sp³-hybridized carbons (Fsp3) is 0.154. The van der Waals surface area contributed by atoms with Crippen molar-refractivity contribution in [3.05, 3.63) is 89.0 Å². The molecule has 1 N–H and O–H groups in total. The number of nitrogens with zero attached hydrogens (tertiary/aromatic N) is 1. The number of carbonyl (C=O) groups excluding carboxylic acids is 2. The highest BCUT2D eigenvalue weighted by molar-refractivity contribution is 6.31. The number of rotatable bonds is 7. The second kappa shape index (κ2) is 9.48. The van der Waals surface area contributed by atoms with E-state index >= 15 is 0 Å². The maximum Gasteiger partial charge on any atom is 0.282 e. The second-order valence-corrected chi connectivity index (χ2v) is 7.50. The summed E-state index contributed by atoms with van der Waals surface area (Å²) in [5.74, 6) is 0.374. The first-order valence-corrected chi connectivity index (χ1v) is 10.4. The Morgan fingerprint density at radius 2 is 1.55 bits per heavy atom. The fourth-order valence-corrected chi connectivity index (χ4v) is 3.45. The molecular formula is C26H24N2O5. The van der Waals surface area contributed by atoms with Crippen LogP contribution >= 0.6 is 0 Å². The fourth-order valence-electron chi connectivity index (χ4n) is 3.45. The molecule has 7 heteroatoms. The number of nitrogens with one attached hydrogen (secondary N) is 1. The van der Waals surface area contributed by atoms with Gasteiger partial charge in [0.15, 0.2) is 11.5 Å². The van der Waals surface area contributed by atoms with E-state index in [1.54, 1.807) is 36.4 Å². The highest BCUT2D eigenvalue weighted by atomic mass is 16.5. The van der Waals surface area contributed by atoms with E-state index in [2.05, 4.69) is 5.43 Å². The van der Waals surface area contributed by atoms with Crippen LogP contribution < -0.4 is 24.6 Å². The Balaban J connectivity index is 1.62. The van der Waals surface area contributed by atoms with Gasteiger partial charge in [0.1, 0.15) is 12.2 Å². The van der Waals surface area contributed by atoms with E-state index in [4.69, 9.17) is 14.2 Å². The molecule has 168 valence electrons. The lowest BCUT2D eigenvalue weighted by Gasteiger charge is -2.16. The van der Waals surface area contributed by atoms with Gasteiger partial charge >= 0.3 is 0 Å². The molecule has 7 nitrogen and oxygen atoms in total. The Morgan fingerprint density at radius 1 is 0.909 bits per heavy atom. The minimum absolute atomic E-state index is 0.0104. The summed E-state index contributed by atoms with van der Waals surface area (Å²) in [5, 5.41) is 1.22. The zero-order valence-corrected chi connectivity index (χ0v) is 18.6. The molecule has 0 radical (unpaired) electrons. The summed E-state index contributed by atoms with van der Waals surface area (Å²) in [6, 6.07) is 20.3. The summed E-state index contributed by atoms with van der Waals surface area (Å²) in [6.45, 7) is 2.36. The molecule has 3 aromatic rings. The second-order valence-electron chi connectivity index (χ2n) is 7.50. The van der Waals surface area contributed by atoms with Crippen LogP contribution in [0.2, 0.25) is 0 Å². The van der Waals surface area contributed by atoms with E-state index in [1.165, 1.54) is 30.9 Å². The van der Waals surface area contributed by atoms with Gasteiger partial charge in [0.2, 0.25) is 5.75 Å². The third-order valence-electron chi connectivity index (χ3n) is 5.20. The quantitative estimate of drug-likeness (QED) is 0.439. The molecule has 0 atom stereocenters. The van der Waals surface area contributed by atoms with Crippen LogP contribution in [0.1, 0.15) is 16.7 Å². The van der Waals surface area contributed by atoms with Crippen LogP contribution in [0.25, 0.3) is 6.08 Å². The Kier molecular flexibility index (Phi) is 6.31. The zero-order chi connectivity index (χ0) is 23.4. The van der Waals surface area contributed by atoms with Gasteiger partial charge in [0.05, 0.1) is 19.9 Å².